The molecule has 0 spiro atoms. The number of aromatic nitrogens is 1. The maximum Gasteiger partial charge on any atom is 0.257 e. The number of nitrogens with one attached hydrogen (secondary N) is 1. The molecule has 6 heteroatoms. The van der Waals surface area contributed by atoms with E-state index < -0.39 is 0 Å². The Kier molecular flexibility index (Phi) is 5.99. The highest BCUT2D eigenvalue weighted by molar-refractivity contribution is 6.30. The van der Waals surface area contributed by atoms with Crippen molar-refractivity contribution in [2.24, 2.45) is 0 Å². The van der Waals surface area contributed by atoms with E-state index in [9.17, 15) is 4.79 Å². The maximum absolute atomic E-state index is 12.7. The van der Waals surface area contributed by atoms with Crippen LogP contribution in [0.4, 0.5) is 0 Å². The van der Waals surface area contributed by atoms with Crippen LogP contribution >= 0.6 is 11.6 Å². The number of rotatable bonds is 5. The average molecular weight is 376 g/mol. The average Bonchev–Trinajstić information content (AvgIpc) is 3.00. The van der Waals surface area contributed by atoms with Crippen molar-refractivity contribution in [3.8, 4) is 0 Å². The number of aryl methyl sites for hydroxylation is 1. The van der Waals surface area contributed by atoms with Gasteiger partial charge in [-0.3, -0.25) is 9.69 Å². The van der Waals surface area contributed by atoms with E-state index in [4.69, 9.17) is 16.1 Å². The fourth-order valence-electron chi connectivity index (χ4n) is 3.40. The molecular formula is C20H26ClN3O2. The Morgan fingerprint density at radius 2 is 1.96 bits per heavy atom. The Labute approximate surface area is 159 Å². The molecule has 1 amide bonds. The van der Waals surface area contributed by atoms with E-state index in [1.54, 1.807) is 0 Å². The lowest BCUT2D eigenvalue weighted by molar-refractivity contribution is 0.0906. The smallest absolute Gasteiger partial charge is 0.257 e. The van der Waals surface area contributed by atoms with Crippen molar-refractivity contribution in [3.05, 3.63) is 51.9 Å². The molecule has 0 unspecified atom stereocenters. The fraction of sp³-hybridized carbons (Fsp3) is 0.500. The molecule has 0 aliphatic carbocycles. The van der Waals surface area contributed by atoms with Gasteiger partial charge in [-0.15, -0.1) is 0 Å². The lowest BCUT2D eigenvalue weighted by Crippen LogP contribution is -2.44. The molecule has 140 valence electrons. The number of carbonyl (C=O) groups is 1. The number of halogens is 1. The second-order valence-corrected chi connectivity index (χ2v) is 7.75. The predicted octanol–water partition coefficient (Wildman–Crippen LogP) is 4.15. The van der Waals surface area contributed by atoms with Crippen LogP contribution in [-0.2, 0) is 6.54 Å². The molecule has 0 atom stereocenters. The van der Waals surface area contributed by atoms with Gasteiger partial charge in [0.1, 0.15) is 5.56 Å². The predicted molar refractivity (Wildman–Crippen MR) is 103 cm³/mol. The Morgan fingerprint density at radius 1 is 1.31 bits per heavy atom. The number of benzene rings is 1. The van der Waals surface area contributed by atoms with Crippen molar-refractivity contribution in [2.75, 3.05) is 13.1 Å². The first-order chi connectivity index (χ1) is 12.4. The lowest BCUT2D eigenvalue weighted by atomic mass is 10.0. The van der Waals surface area contributed by atoms with Gasteiger partial charge in [-0.05, 0) is 37.5 Å². The Bertz CT molecular complexity index is 747. The van der Waals surface area contributed by atoms with Crippen molar-refractivity contribution < 1.29 is 9.32 Å². The van der Waals surface area contributed by atoms with Crippen LogP contribution in [0.2, 0.25) is 5.02 Å². The molecule has 1 fully saturated rings. The van der Waals surface area contributed by atoms with E-state index in [0.29, 0.717) is 17.0 Å². The summed E-state index contributed by atoms with van der Waals surface area (Å²) in [7, 11) is 0. The SMILES string of the molecule is Cc1noc(C(C)C)c1C(=O)NC1CCN(Cc2ccc(Cl)cc2)CC1. The number of likely N-dealkylation sites (tertiary alicyclic amines) is 1. The van der Waals surface area contributed by atoms with E-state index in [2.05, 4.69) is 27.5 Å². The maximum atomic E-state index is 12.7. The van der Waals surface area contributed by atoms with E-state index in [-0.39, 0.29) is 17.9 Å². The first-order valence-corrected chi connectivity index (χ1v) is 9.55. The highest BCUT2D eigenvalue weighted by Gasteiger charge is 2.26. The van der Waals surface area contributed by atoms with Gasteiger partial charge in [0.25, 0.3) is 5.91 Å². The van der Waals surface area contributed by atoms with Gasteiger partial charge in [0.2, 0.25) is 0 Å². The second-order valence-electron chi connectivity index (χ2n) is 7.31. The summed E-state index contributed by atoms with van der Waals surface area (Å²) in [6, 6.07) is 8.18. The number of hydrogen-bond donors (Lipinski definition) is 1. The molecule has 5 nitrogen and oxygen atoms in total. The van der Waals surface area contributed by atoms with Crippen LogP contribution in [0.25, 0.3) is 0 Å². The molecule has 1 aliphatic heterocycles. The van der Waals surface area contributed by atoms with Crippen LogP contribution in [0.5, 0.6) is 0 Å². The number of carbonyl (C=O) groups excluding carboxylic acids is 1. The minimum Gasteiger partial charge on any atom is -0.360 e. The van der Waals surface area contributed by atoms with Crippen LogP contribution in [-0.4, -0.2) is 35.1 Å². The minimum atomic E-state index is -0.0661. The van der Waals surface area contributed by atoms with E-state index in [1.165, 1.54) is 5.56 Å². The molecule has 0 bridgehead atoms. The topological polar surface area (TPSA) is 58.4 Å². The summed E-state index contributed by atoms with van der Waals surface area (Å²) in [6.07, 6.45) is 1.89. The number of hydrogen-bond acceptors (Lipinski definition) is 4. The zero-order valence-corrected chi connectivity index (χ0v) is 16.3. The molecule has 2 aromatic rings. The monoisotopic (exact) mass is 375 g/mol. The largest absolute Gasteiger partial charge is 0.360 e. The Balaban J connectivity index is 1.53. The molecule has 1 aromatic carbocycles. The van der Waals surface area contributed by atoms with Crippen molar-refractivity contribution in [2.45, 2.75) is 52.1 Å². The van der Waals surface area contributed by atoms with E-state index in [0.717, 1.165) is 37.5 Å². The zero-order chi connectivity index (χ0) is 18.7. The van der Waals surface area contributed by atoms with Crippen LogP contribution in [0.1, 0.15) is 60.0 Å². The van der Waals surface area contributed by atoms with Gasteiger partial charge in [-0.25, -0.2) is 0 Å². The lowest BCUT2D eigenvalue weighted by Gasteiger charge is -2.32. The summed E-state index contributed by atoms with van der Waals surface area (Å²) < 4.78 is 5.33. The quantitative estimate of drug-likeness (QED) is 0.852. The summed E-state index contributed by atoms with van der Waals surface area (Å²) in [5.74, 6) is 0.738. The van der Waals surface area contributed by atoms with Crippen molar-refractivity contribution in [3.63, 3.8) is 0 Å². The van der Waals surface area contributed by atoms with E-state index >= 15 is 0 Å². The van der Waals surface area contributed by atoms with Crippen molar-refractivity contribution in [1.82, 2.24) is 15.4 Å². The Morgan fingerprint density at radius 3 is 2.58 bits per heavy atom. The number of piperidine rings is 1. The number of amides is 1. The van der Waals surface area contributed by atoms with Crippen LogP contribution in [0.3, 0.4) is 0 Å². The molecule has 0 radical (unpaired) electrons. The third-order valence-corrected chi connectivity index (χ3v) is 5.13. The molecule has 1 N–H and O–H groups in total. The first kappa shape index (κ1) is 18.9. The molecule has 2 heterocycles. The third kappa shape index (κ3) is 4.46. The summed E-state index contributed by atoms with van der Waals surface area (Å²) in [5, 5.41) is 7.89. The Hall–Kier alpha value is -1.85. The van der Waals surface area contributed by atoms with Gasteiger partial charge >= 0.3 is 0 Å². The number of nitrogens with zero attached hydrogens (tertiary/aromatic N) is 2. The van der Waals surface area contributed by atoms with Crippen molar-refractivity contribution >= 4 is 17.5 Å². The first-order valence-electron chi connectivity index (χ1n) is 9.18. The molecule has 1 saturated heterocycles. The highest BCUT2D eigenvalue weighted by Crippen LogP contribution is 2.23. The minimum absolute atomic E-state index is 0.0661. The van der Waals surface area contributed by atoms with Gasteiger partial charge < -0.3 is 9.84 Å². The zero-order valence-electron chi connectivity index (χ0n) is 15.6. The molecule has 3 rings (SSSR count). The van der Waals surface area contributed by atoms with Crippen LogP contribution in [0.15, 0.2) is 28.8 Å². The normalized spacial score (nSPS) is 16.2. The summed E-state index contributed by atoms with van der Waals surface area (Å²) in [4.78, 5) is 15.1. The molecule has 0 saturated carbocycles. The molecular weight excluding hydrogens is 350 g/mol. The van der Waals surface area contributed by atoms with Gasteiger partial charge in [0.15, 0.2) is 5.76 Å². The van der Waals surface area contributed by atoms with E-state index in [1.807, 2.05) is 32.9 Å². The standard InChI is InChI=1S/C20H26ClN3O2/c1-13(2)19-18(14(3)23-26-19)20(25)22-17-8-10-24(11-9-17)12-15-4-6-16(21)7-5-15/h4-7,13,17H,8-12H2,1-3H3,(H,22,25). The fourth-order valence-corrected chi connectivity index (χ4v) is 3.52. The third-order valence-electron chi connectivity index (χ3n) is 4.88. The van der Waals surface area contributed by atoms with Crippen LogP contribution in [0, 0.1) is 6.92 Å². The van der Waals surface area contributed by atoms with Gasteiger partial charge in [0, 0.05) is 36.6 Å². The summed E-state index contributed by atoms with van der Waals surface area (Å²) in [6.45, 7) is 8.68. The molecule has 1 aromatic heterocycles. The second kappa shape index (κ2) is 8.23. The summed E-state index contributed by atoms with van der Waals surface area (Å²) in [5.41, 5.74) is 2.52. The van der Waals surface area contributed by atoms with Gasteiger partial charge in [0.05, 0.1) is 5.69 Å². The van der Waals surface area contributed by atoms with Gasteiger partial charge in [-0.2, -0.15) is 0 Å². The van der Waals surface area contributed by atoms with Crippen molar-refractivity contribution in [1.29, 1.82) is 0 Å². The highest BCUT2D eigenvalue weighted by atomic mass is 35.5. The van der Waals surface area contributed by atoms with Gasteiger partial charge in [-0.1, -0.05) is 42.7 Å². The van der Waals surface area contributed by atoms with Crippen LogP contribution < -0.4 is 5.32 Å². The molecule has 26 heavy (non-hydrogen) atoms. The summed E-state index contributed by atoms with van der Waals surface area (Å²) >= 11 is 5.94. The molecule has 1 aliphatic rings.